The molecule has 3 nitrogen and oxygen atoms in total. The van der Waals surface area contributed by atoms with Gasteiger partial charge in [0, 0.05) is 27.7 Å². The Bertz CT molecular complexity index is 725. The van der Waals surface area contributed by atoms with E-state index in [1.54, 1.807) is 36.4 Å². The van der Waals surface area contributed by atoms with Gasteiger partial charge in [-0.1, -0.05) is 29.3 Å². The zero-order chi connectivity index (χ0) is 17.8. The van der Waals surface area contributed by atoms with E-state index in [1.807, 2.05) is 0 Å². The maximum absolute atomic E-state index is 14.4. The van der Waals surface area contributed by atoms with Gasteiger partial charge in [0.2, 0.25) is 0 Å². The molecule has 1 aliphatic heterocycles. The van der Waals surface area contributed by atoms with Crippen molar-refractivity contribution in [3.8, 4) is 0 Å². The molecule has 1 atom stereocenters. The van der Waals surface area contributed by atoms with Crippen LogP contribution in [0.1, 0.15) is 34.8 Å². The molecule has 0 spiro atoms. The summed E-state index contributed by atoms with van der Waals surface area (Å²) in [5.74, 6) is -0.557. The maximum atomic E-state index is 14.4. The molecular weight excluding hydrogens is 362 g/mol. The molecule has 0 aliphatic carbocycles. The van der Waals surface area contributed by atoms with Gasteiger partial charge in [-0.3, -0.25) is 9.69 Å². The summed E-state index contributed by atoms with van der Waals surface area (Å²) < 4.78 is 14.4. The fraction of sp³-hybridized carbons (Fsp3) is 0.316. The summed E-state index contributed by atoms with van der Waals surface area (Å²) in [5, 5.41) is 3.86. The number of benzene rings is 2. The minimum Gasteiger partial charge on any atom is -0.350 e. The second-order valence-electron chi connectivity index (χ2n) is 6.11. The first-order valence-corrected chi connectivity index (χ1v) is 9.03. The van der Waals surface area contributed by atoms with Crippen LogP contribution >= 0.6 is 23.2 Å². The van der Waals surface area contributed by atoms with Crippen molar-refractivity contribution in [1.82, 2.24) is 10.2 Å². The Labute approximate surface area is 156 Å². The van der Waals surface area contributed by atoms with Crippen LogP contribution in [0.5, 0.6) is 0 Å². The molecule has 1 saturated heterocycles. The number of likely N-dealkylation sites (tertiary alicyclic amines) is 1. The van der Waals surface area contributed by atoms with Gasteiger partial charge in [0.05, 0.1) is 6.04 Å². The predicted molar refractivity (Wildman–Crippen MR) is 98.7 cm³/mol. The number of carbonyl (C=O) groups is 1. The molecule has 132 valence electrons. The Morgan fingerprint density at radius 1 is 1.12 bits per heavy atom. The molecule has 1 heterocycles. The average molecular weight is 381 g/mol. The molecular formula is C19H19Cl2FN2O. The number of rotatable bonds is 5. The number of halogens is 3. The fourth-order valence-electron chi connectivity index (χ4n) is 3.19. The Balaban J connectivity index is 1.78. The average Bonchev–Trinajstić information content (AvgIpc) is 3.12. The van der Waals surface area contributed by atoms with E-state index in [-0.39, 0.29) is 17.8 Å². The molecule has 2 aromatic rings. The van der Waals surface area contributed by atoms with Crippen LogP contribution in [0.2, 0.25) is 10.0 Å². The van der Waals surface area contributed by atoms with Crippen molar-refractivity contribution in [3.63, 3.8) is 0 Å². The van der Waals surface area contributed by atoms with Gasteiger partial charge in [0.15, 0.2) is 0 Å². The van der Waals surface area contributed by atoms with E-state index >= 15 is 0 Å². The second kappa shape index (κ2) is 8.17. The Kier molecular flexibility index (Phi) is 5.94. The van der Waals surface area contributed by atoms with Crippen molar-refractivity contribution in [1.29, 1.82) is 0 Å². The monoisotopic (exact) mass is 380 g/mol. The summed E-state index contributed by atoms with van der Waals surface area (Å²) in [6.45, 7) is 2.03. The number of hydrogen-bond acceptors (Lipinski definition) is 2. The van der Waals surface area contributed by atoms with Gasteiger partial charge in [-0.2, -0.15) is 0 Å². The molecule has 0 radical (unpaired) electrons. The third-order valence-corrected chi connectivity index (χ3v) is 5.06. The molecule has 0 aromatic heterocycles. The highest BCUT2D eigenvalue weighted by atomic mass is 35.5. The first kappa shape index (κ1) is 18.2. The molecule has 3 rings (SSSR count). The largest absolute Gasteiger partial charge is 0.350 e. The number of nitrogens with one attached hydrogen (secondary N) is 1. The topological polar surface area (TPSA) is 32.3 Å². The Morgan fingerprint density at radius 3 is 2.44 bits per heavy atom. The van der Waals surface area contributed by atoms with Crippen molar-refractivity contribution in [2.24, 2.45) is 0 Å². The Hall–Kier alpha value is -1.62. The lowest BCUT2D eigenvalue weighted by Gasteiger charge is -2.29. The SMILES string of the molecule is O=C(NCC(c1c(F)cccc1Cl)N1CCCC1)c1ccc(Cl)cc1. The third kappa shape index (κ3) is 4.32. The quantitative estimate of drug-likeness (QED) is 0.814. The maximum Gasteiger partial charge on any atom is 0.251 e. The minimum absolute atomic E-state index is 0.215. The van der Waals surface area contributed by atoms with Gasteiger partial charge in [-0.25, -0.2) is 4.39 Å². The van der Waals surface area contributed by atoms with E-state index in [1.165, 1.54) is 6.07 Å². The van der Waals surface area contributed by atoms with Gasteiger partial charge in [0.25, 0.3) is 5.91 Å². The van der Waals surface area contributed by atoms with Crippen LogP contribution in [0.15, 0.2) is 42.5 Å². The molecule has 1 N–H and O–H groups in total. The molecule has 0 bridgehead atoms. The lowest BCUT2D eigenvalue weighted by molar-refractivity contribution is 0.0937. The zero-order valence-corrected chi connectivity index (χ0v) is 15.2. The number of carbonyl (C=O) groups excluding carboxylic acids is 1. The standard InChI is InChI=1S/C19H19Cl2FN2O/c20-14-8-6-13(7-9-14)19(25)23-12-17(24-10-1-2-11-24)18-15(21)4-3-5-16(18)22/h3-9,17H,1-2,10-12H2,(H,23,25). The van der Waals surface area contributed by atoms with Gasteiger partial charge in [0.1, 0.15) is 5.82 Å². The molecule has 1 amide bonds. The van der Waals surface area contributed by atoms with Crippen molar-refractivity contribution in [2.45, 2.75) is 18.9 Å². The summed E-state index contributed by atoms with van der Waals surface area (Å²) in [5.41, 5.74) is 0.965. The lowest BCUT2D eigenvalue weighted by atomic mass is 10.0. The van der Waals surface area contributed by atoms with Gasteiger partial charge in [-0.15, -0.1) is 0 Å². The van der Waals surface area contributed by atoms with Crippen molar-refractivity contribution >= 4 is 29.1 Å². The zero-order valence-electron chi connectivity index (χ0n) is 13.6. The predicted octanol–water partition coefficient (Wildman–Crippen LogP) is 4.70. The Morgan fingerprint density at radius 2 is 1.80 bits per heavy atom. The van der Waals surface area contributed by atoms with Gasteiger partial charge >= 0.3 is 0 Å². The van der Waals surface area contributed by atoms with Gasteiger partial charge < -0.3 is 5.32 Å². The highest BCUT2D eigenvalue weighted by Crippen LogP contribution is 2.32. The van der Waals surface area contributed by atoms with E-state index < -0.39 is 0 Å². The third-order valence-electron chi connectivity index (χ3n) is 4.48. The van der Waals surface area contributed by atoms with Crippen LogP contribution < -0.4 is 5.32 Å². The van der Waals surface area contributed by atoms with E-state index in [0.29, 0.717) is 27.7 Å². The summed E-state index contributed by atoms with van der Waals surface area (Å²) >= 11 is 12.1. The van der Waals surface area contributed by atoms with Crippen LogP contribution in [0.4, 0.5) is 4.39 Å². The molecule has 0 saturated carbocycles. The van der Waals surface area contributed by atoms with Gasteiger partial charge in [-0.05, 0) is 62.3 Å². The number of amides is 1. The molecule has 1 unspecified atom stereocenters. The van der Waals surface area contributed by atoms with Crippen LogP contribution in [0.3, 0.4) is 0 Å². The van der Waals surface area contributed by atoms with E-state index in [9.17, 15) is 9.18 Å². The first-order valence-electron chi connectivity index (χ1n) is 8.28. The fourth-order valence-corrected chi connectivity index (χ4v) is 3.60. The minimum atomic E-state index is -0.342. The highest BCUT2D eigenvalue weighted by molar-refractivity contribution is 6.31. The summed E-state index contributed by atoms with van der Waals surface area (Å²) in [4.78, 5) is 14.6. The van der Waals surface area contributed by atoms with E-state index in [2.05, 4.69) is 10.2 Å². The molecule has 1 aliphatic rings. The van der Waals surface area contributed by atoms with Crippen molar-refractivity contribution in [3.05, 3.63) is 69.5 Å². The van der Waals surface area contributed by atoms with Crippen molar-refractivity contribution in [2.75, 3.05) is 19.6 Å². The van der Waals surface area contributed by atoms with Crippen LogP contribution in [-0.4, -0.2) is 30.4 Å². The van der Waals surface area contributed by atoms with Crippen LogP contribution in [0.25, 0.3) is 0 Å². The smallest absolute Gasteiger partial charge is 0.251 e. The number of nitrogens with zero attached hydrogens (tertiary/aromatic N) is 1. The molecule has 2 aromatic carbocycles. The molecule has 6 heteroatoms. The lowest BCUT2D eigenvalue weighted by Crippen LogP contribution is -2.37. The van der Waals surface area contributed by atoms with Crippen LogP contribution in [-0.2, 0) is 0 Å². The molecule has 25 heavy (non-hydrogen) atoms. The summed E-state index contributed by atoms with van der Waals surface area (Å²) in [6.07, 6.45) is 2.13. The van der Waals surface area contributed by atoms with Crippen LogP contribution in [0, 0.1) is 5.82 Å². The summed E-state index contributed by atoms with van der Waals surface area (Å²) in [7, 11) is 0. The second-order valence-corrected chi connectivity index (χ2v) is 6.95. The van der Waals surface area contributed by atoms with E-state index in [0.717, 1.165) is 25.9 Å². The highest BCUT2D eigenvalue weighted by Gasteiger charge is 2.28. The van der Waals surface area contributed by atoms with Crippen molar-refractivity contribution < 1.29 is 9.18 Å². The van der Waals surface area contributed by atoms with E-state index in [4.69, 9.17) is 23.2 Å². The molecule has 1 fully saturated rings. The normalized spacial score (nSPS) is 16.0. The summed E-state index contributed by atoms with van der Waals surface area (Å²) in [6, 6.07) is 11.1. The first-order chi connectivity index (χ1) is 12.1. The number of hydrogen-bond donors (Lipinski definition) is 1.